The summed E-state index contributed by atoms with van der Waals surface area (Å²) >= 11 is 0. The first-order valence-corrected chi connectivity index (χ1v) is 6.54. The molecule has 1 aromatic rings. The van der Waals surface area contributed by atoms with E-state index in [-0.39, 0.29) is 0 Å². The number of hydrogen-bond acceptors (Lipinski definition) is 1. The minimum atomic E-state index is 0.567. The molecule has 1 aliphatic carbocycles. The van der Waals surface area contributed by atoms with E-state index < -0.39 is 0 Å². The molecule has 17 heavy (non-hydrogen) atoms. The second-order valence-corrected chi connectivity index (χ2v) is 4.71. The Kier molecular flexibility index (Phi) is 4.23. The third-order valence-electron chi connectivity index (χ3n) is 3.55. The predicted molar refractivity (Wildman–Crippen MR) is 72.8 cm³/mol. The van der Waals surface area contributed by atoms with Crippen molar-refractivity contribution < 1.29 is 0 Å². The quantitative estimate of drug-likeness (QED) is 0.762. The summed E-state index contributed by atoms with van der Waals surface area (Å²) in [5.41, 5.74) is 1.49. The molecule has 0 aromatic heterocycles. The van der Waals surface area contributed by atoms with Crippen molar-refractivity contribution in [3.63, 3.8) is 0 Å². The van der Waals surface area contributed by atoms with Gasteiger partial charge in [0.25, 0.3) is 0 Å². The lowest BCUT2D eigenvalue weighted by Crippen LogP contribution is -2.31. The third-order valence-corrected chi connectivity index (χ3v) is 3.55. The fraction of sp³-hybridized carbons (Fsp3) is 0.500. The van der Waals surface area contributed by atoms with E-state index in [4.69, 9.17) is 0 Å². The van der Waals surface area contributed by atoms with E-state index in [2.05, 4.69) is 54.4 Å². The van der Waals surface area contributed by atoms with Crippen LogP contribution in [-0.4, -0.2) is 12.6 Å². The Bertz CT molecular complexity index is 399. The lowest BCUT2D eigenvalue weighted by Gasteiger charge is -2.15. The Hall–Kier alpha value is -1.26. The monoisotopic (exact) mass is 227 g/mol. The van der Waals surface area contributed by atoms with Crippen LogP contribution in [0.25, 0.3) is 0 Å². The predicted octanol–water partition coefficient (Wildman–Crippen LogP) is 3.18. The van der Waals surface area contributed by atoms with E-state index >= 15 is 0 Å². The molecule has 0 amide bonds. The molecule has 3 unspecified atom stereocenters. The van der Waals surface area contributed by atoms with E-state index in [1.54, 1.807) is 0 Å². The second kappa shape index (κ2) is 5.89. The van der Waals surface area contributed by atoms with Crippen molar-refractivity contribution in [3.05, 3.63) is 35.9 Å². The SMILES string of the molecule is CC#CCC(NCC)C1CC1c1ccccc1. The molecule has 0 bridgehead atoms. The number of benzene rings is 1. The molecule has 3 atom stereocenters. The molecule has 1 aromatic carbocycles. The number of hydrogen-bond donors (Lipinski definition) is 1. The molecule has 2 rings (SSSR count). The lowest BCUT2D eigenvalue weighted by molar-refractivity contribution is 0.476. The van der Waals surface area contributed by atoms with E-state index in [0.717, 1.165) is 24.8 Å². The Morgan fingerprint density at radius 1 is 1.35 bits per heavy atom. The van der Waals surface area contributed by atoms with E-state index in [1.807, 2.05) is 6.92 Å². The van der Waals surface area contributed by atoms with Crippen LogP contribution in [-0.2, 0) is 0 Å². The molecule has 0 aliphatic heterocycles. The maximum absolute atomic E-state index is 3.58. The molecule has 1 aliphatic rings. The Labute approximate surface area is 105 Å². The molecule has 0 spiro atoms. The van der Waals surface area contributed by atoms with Crippen molar-refractivity contribution >= 4 is 0 Å². The highest BCUT2D eigenvalue weighted by atomic mass is 14.9. The molecule has 90 valence electrons. The van der Waals surface area contributed by atoms with Crippen molar-refractivity contribution in [2.24, 2.45) is 5.92 Å². The molecule has 0 saturated heterocycles. The summed E-state index contributed by atoms with van der Waals surface area (Å²) in [6, 6.07) is 11.4. The van der Waals surface area contributed by atoms with Gasteiger partial charge in [-0.1, -0.05) is 37.3 Å². The van der Waals surface area contributed by atoms with Crippen LogP contribution >= 0.6 is 0 Å². The maximum atomic E-state index is 3.58. The zero-order valence-corrected chi connectivity index (χ0v) is 10.7. The van der Waals surface area contributed by atoms with Gasteiger partial charge >= 0.3 is 0 Å². The molecular formula is C16H21N. The molecule has 1 fully saturated rings. The first-order valence-electron chi connectivity index (χ1n) is 6.54. The Morgan fingerprint density at radius 3 is 2.76 bits per heavy atom. The normalized spacial score (nSPS) is 23.6. The van der Waals surface area contributed by atoms with Crippen molar-refractivity contribution in [3.8, 4) is 11.8 Å². The van der Waals surface area contributed by atoms with Gasteiger partial charge in [-0.3, -0.25) is 0 Å². The van der Waals surface area contributed by atoms with E-state index in [1.165, 1.54) is 12.0 Å². The van der Waals surface area contributed by atoms with Gasteiger partial charge in [-0.05, 0) is 37.3 Å². The van der Waals surface area contributed by atoms with Gasteiger partial charge in [0.05, 0.1) is 0 Å². The second-order valence-electron chi connectivity index (χ2n) is 4.71. The lowest BCUT2D eigenvalue weighted by atomic mass is 10.0. The first-order chi connectivity index (χ1) is 8.36. The van der Waals surface area contributed by atoms with Gasteiger partial charge in [-0.15, -0.1) is 11.8 Å². The highest BCUT2D eigenvalue weighted by molar-refractivity contribution is 5.27. The number of nitrogens with one attached hydrogen (secondary N) is 1. The van der Waals surface area contributed by atoms with Crippen LogP contribution in [0.15, 0.2) is 30.3 Å². The van der Waals surface area contributed by atoms with Crippen molar-refractivity contribution in [2.45, 2.75) is 38.6 Å². The molecule has 1 saturated carbocycles. The summed E-state index contributed by atoms with van der Waals surface area (Å²) in [6.07, 6.45) is 2.30. The highest BCUT2D eigenvalue weighted by Gasteiger charge is 2.42. The Balaban J connectivity index is 1.96. The summed E-state index contributed by atoms with van der Waals surface area (Å²) in [6.45, 7) is 5.13. The number of rotatable bonds is 5. The van der Waals surface area contributed by atoms with Gasteiger partial charge in [-0.2, -0.15) is 0 Å². The minimum Gasteiger partial charge on any atom is -0.313 e. The van der Waals surface area contributed by atoms with Gasteiger partial charge in [0.15, 0.2) is 0 Å². The third kappa shape index (κ3) is 3.11. The fourth-order valence-electron chi connectivity index (χ4n) is 2.59. The van der Waals surface area contributed by atoms with E-state index in [9.17, 15) is 0 Å². The summed E-state index contributed by atoms with van der Waals surface area (Å²) in [5.74, 6) is 7.74. The van der Waals surface area contributed by atoms with E-state index in [0.29, 0.717) is 6.04 Å². The van der Waals surface area contributed by atoms with Gasteiger partial charge in [-0.25, -0.2) is 0 Å². The maximum Gasteiger partial charge on any atom is 0.0246 e. The van der Waals surface area contributed by atoms with Crippen LogP contribution in [0.1, 0.15) is 38.2 Å². The van der Waals surface area contributed by atoms with Crippen LogP contribution < -0.4 is 5.32 Å². The molecule has 1 nitrogen and oxygen atoms in total. The van der Waals surface area contributed by atoms with Crippen LogP contribution in [0, 0.1) is 17.8 Å². The van der Waals surface area contributed by atoms with Crippen LogP contribution in [0.2, 0.25) is 0 Å². The van der Waals surface area contributed by atoms with Crippen molar-refractivity contribution in [2.75, 3.05) is 6.54 Å². The minimum absolute atomic E-state index is 0.567. The summed E-state index contributed by atoms with van der Waals surface area (Å²) in [5, 5.41) is 3.58. The van der Waals surface area contributed by atoms with Gasteiger partial charge in [0, 0.05) is 12.5 Å². The van der Waals surface area contributed by atoms with Gasteiger partial charge in [0.2, 0.25) is 0 Å². The van der Waals surface area contributed by atoms with Crippen LogP contribution in [0.5, 0.6) is 0 Å². The summed E-state index contributed by atoms with van der Waals surface area (Å²) in [4.78, 5) is 0. The summed E-state index contributed by atoms with van der Waals surface area (Å²) < 4.78 is 0. The van der Waals surface area contributed by atoms with Gasteiger partial charge < -0.3 is 5.32 Å². The smallest absolute Gasteiger partial charge is 0.0246 e. The molecule has 1 heteroatoms. The van der Waals surface area contributed by atoms with Crippen LogP contribution in [0.3, 0.4) is 0 Å². The van der Waals surface area contributed by atoms with Crippen LogP contribution in [0.4, 0.5) is 0 Å². The summed E-state index contributed by atoms with van der Waals surface area (Å²) in [7, 11) is 0. The Morgan fingerprint density at radius 2 is 2.12 bits per heavy atom. The first kappa shape index (κ1) is 12.2. The van der Waals surface area contributed by atoms with Crippen molar-refractivity contribution in [1.82, 2.24) is 5.32 Å². The largest absolute Gasteiger partial charge is 0.313 e. The van der Waals surface area contributed by atoms with Gasteiger partial charge in [0.1, 0.15) is 0 Å². The fourth-order valence-corrected chi connectivity index (χ4v) is 2.59. The topological polar surface area (TPSA) is 12.0 Å². The zero-order chi connectivity index (χ0) is 12.1. The molecule has 0 radical (unpaired) electrons. The standard InChI is InChI=1S/C16H21N/c1-3-5-11-16(17-4-2)15-12-14(15)13-9-7-6-8-10-13/h6-10,14-17H,4,11-12H2,1-2H3. The molecule has 0 heterocycles. The molecule has 1 N–H and O–H groups in total. The molecular weight excluding hydrogens is 206 g/mol. The van der Waals surface area contributed by atoms with Crippen molar-refractivity contribution in [1.29, 1.82) is 0 Å². The zero-order valence-electron chi connectivity index (χ0n) is 10.7. The average Bonchev–Trinajstić information content (AvgIpc) is 3.16. The average molecular weight is 227 g/mol. The highest BCUT2D eigenvalue weighted by Crippen LogP contribution is 2.50.